The molecule has 1 fully saturated rings. The average Bonchev–Trinajstić information content (AvgIpc) is 3.16. The van der Waals surface area contributed by atoms with Crippen LogP contribution < -0.4 is 22.3 Å². The Hall–Kier alpha value is -2.50. The number of rotatable bonds is 7. The topological polar surface area (TPSA) is 160 Å². The lowest BCUT2D eigenvalue weighted by Gasteiger charge is -2.17. The van der Waals surface area contributed by atoms with Crippen molar-refractivity contribution in [2.75, 3.05) is 19.7 Å². The van der Waals surface area contributed by atoms with Gasteiger partial charge in [-0.05, 0) is 48.1 Å². The lowest BCUT2D eigenvalue weighted by atomic mass is 9.98. The number of sulfonamides is 1. The van der Waals surface area contributed by atoms with Crippen LogP contribution in [0.15, 0.2) is 52.5 Å². The Morgan fingerprint density at radius 3 is 2.57 bits per heavy atom. The molecule has 9 nitrogen and oxygen atoms in total. The summed E-state index contributed by atoms with van der Waals surface area (Å²) in [4.78, 5) is 2.26. The number of nitrogens with zero attached hydrogens (tertiary/aromatic N) is 2. The number of amidine groups is 1. The molecule has 2 aromatic rings. The lowest BCUT2D eigenvalue weighted by molar-refractivity contribution is 0.249. The summed E-state index contributed by atoms with van der Waals surface area (Å²) in [6, 6.07) is 12.6. The van der Waals surface area contributed by atoms with E-state index < -0.39 is 10.0 Å². The van der Waals surface area contributed by atoms with E-state index in [4.69, 9.17) is 21.9 Å². The van der Waals surface area contributed by atoms with E-state index in [2.05, 4.69) is 15.4 Å². The van der Waals surface area contributed by atoms with E-state index in [0.29, 0.717) is 11.5 Å². The normalized spacial score (nSPS) is 18.0. The molecule has 0 spiro atoms. The third kappa shape index (κ3) is 4.97. The van der Waals surface area contributed by atoms with Crippen LogP contribution in [0.5, 0.6) is 0 Å². The van der Waals surface area contributed by atoms with E-state index in [0.717, 1.165) is 43.6 Å². The van der Waals surface area contributed by atoms with Crippen LogP contribution in [-0.4, -0.2) is 44.0 Å². The van der Waals surface area contributed by atoms with Gasteiger partial charge in [-0.15, -0.1) is 0 Å². The molecular weight excluding hydrogens is 404 g/mol. The first-order valence-corrected chi connectivity index (χ1v) is 11.2. The van der Waals surface area contributed by atoms with E-state index in [-0.39, 0.29) is 22.9 Å². The molecule has 8 N–H and O–H groups in total. The minimum atomic E-state index is -4.02. The number of aliphatic hydroxyl groups excluding tert-OH is 1. The predicted octanol–water partition coefficient (Wildman–Crippen LogP) is 0.289. The summed E-state index contributed by atoms with van der Waals surface area (Å²) in [5.74, 6) is 11.5. The number of nitrogens with one attached hydrogen (secondary N) is 1. The maximum atomic E-state index is 12.1. The molecule has 1 atom stereocenters. The molecule has 0 aliphatic carbocycles. The summed E-state index contributed by atoms with van der Waals surface area (Å²) >= 11 is 0. The zero-order valence-electron chi connectivity index (χ0n) is 16.7. The molecule has 0 aromatic heterocycles. The van der Waals surface area contributed by atoms with Crippen LogP contribution in [0, 0.1) is 5.92 Å². The van der Waals surface area contributed by atoms with Crippen LogP contribution in [0.4, 0.5) is 0 Å². The van der Waals surface area contributed by atoms with Crippen molar-refractivity contribution in [1.29, 1.82) is 0 Å². The number of hydrazone groups is 1. The Kier molecular flexibility index (Phi) is 7.06. The molecule has 1 aliphatic heterocycles. The molecule has 0 amide bonds. The Morgan fingerprint density at radius 1 is 1.23 bits per heavy atom. The molecule has 1 unspecified atom stereocenters. The van der Waals surface area contributed by atoms with Crippen molar-refractivity contribution in [3.63, 3.8) is 0 Å². The third-order valence-electron chi connectivity index (χ3n) is 5.41. The van der Waals surface area contributed by atoms with Crippen molar-refractivity contribution in [2.45, 2.75) is 24.3 Å². The van der Waals surface area contributed by atoms with E-state index in [9.17, 15) is 8.42 Å². The summed E-state index contributed by atoms with van der Waals surface area (Å²) < 4.78 is 24.2. The number of hydrazine groups is 1. The number of hydrogen-bond donors (Lipinski definition) is 5. The quantitative estimate of drug-likeness (QED) is 0.182. The molecule has 30 heavy (non-hydrogen) atoms. The number of hydrogen-bond acceptors (Lipinski definition) is 7. The standard InChI is InChI=1S/C20H28N6O3S/c21-24-20(25-22)19-17(2-1-3-18(19)30(23,28)29)16-6-4-14(5-7-16)12-26-10-8-15(13-26)9-11-27/h1-7,15,27H,8-13,21-22H2,(H,24,25)(H2,23,28,29). The fraction of sp³-hybridized carbons (Fsp3) is 0.350. The summed E-state index contributed by atoms with van der Waals surface area (Å²) in [7, 11) is -4.02. The second-order valence-corrected chi connectivity index (χ2v) is 8.97. The zero-order chi connectivity index (χ0) is 21.7. The summed E-state index contributed by atoms with van der Waals surface area (Å²) in [6.07, 6.45) is 1.95. The first-order valence-electron chi connectivity index (χ1n) is 9.70. The van der Waals surface area contributed by atoms with Crippen LogP contribution in [0.3, 0.4) is 0 Å². The van der Waals surface area contributed by atoms with Gasteiger partial charge in [-0.25, -0.2) is 19.4 Å². The Balaban J connectivity index is 1.89. The number of primary sulfonamides is 1. The van der Waals surface area contributed by atoms with Crippen molar-refractivity contribution in [3.05, 3.63) is 53.6 Å². The molecule has 3 rings (SSSR count). The van der Waals surface area contributed by atoms with E-state index in [1.165, 1.54) is 6.07 Å². The van der Waals surface area contributed by atoms with Gasteiger partial charge in [0.2, 0.25) is 10.0 Å². The van der Waals surface area contributed by atoms with Gasteiger partial charge >= 0.3 is 0 Å². The number of likely N-dealkylation sites (tertiary alicyclic amines) is 1. The number of aliphatic hydroxyl groups is 1. The van der Waals surface area contributed by atoms with Crippen LogP contribution in [0.2, 0.25) is 0 Å². The van der Waals surface area contributed by atoms with E-state index in [1.807, 2.05) is 24.3 Å². The van der Waals surface area contributed by atoms with Crippen LogP contribution in [-0.2, 0) is 16.6 Å². The van der Waals surface area contributed by atoms with Crippen LogP contribution >= 0.6 is 0 Å². The molecule has 10 heteroatoms. The van der Waals surface area contributed by atoms with Gasteiger partial charge in [-0.2, -0.15) is 5.10 Å². The van der Waals surface area contributed by atoms with Gasteiger partial charge in [0.1, 0.15) is 0 Å². The molecule has 1 aliphatic rings. The summed E-state index contributed by atoms with van der Waals surface area (Å²) in [5, 5.41) is 18.1. The fourth-order valence-corrected chi connectivity index (χ4v) is 4.71. The zero-order valence-corrected chi connectivity index (χ0v) is 17.5. The highest BCUT2D eigenvalue weighted by atomic mass is 32.2. The highest BCUT2D eigenvalue weighted by molar-refractivity contribution is 7.89. The fourth-order valence-electron chi connectivity index (χ4n) is 3.95. The van der Waals surface area contributed by atoms with Gasteiger partial charge < -0.3 is 16.4 Å². The van der Waals surface area contributed by atoms with Crippen molar-refractivity contribution in [2.24, 2.45) is 27.8 Å². The van der Waals surface area contributed by atoms with E-state index in [1.54, 1.807) is 12.1 Å². The second-order valence-electron chi connectivity index (χ2n) is 7.44. The molecule has 1 heterocycles. The molecule has 0 radical (unpaired) electrons. The molecular formula is C20H28N6O3S. The minimum absolute atomic E-state index is 0.0192. The molecule has 162 valence electrons. The van der Waals surface area contributed by atoms with Crippen molar-refractivity contribution in [1.82, 2.24) is 10.3 Å². The first kappa shape index (κ1) is 22.2. The third-order valence-corrected chi connectivity index (χ3v) is 6.37. The number of benzene rings is 2. The lowest BCUT2D eigenvalue weighted by Crippen LogP contribution is -2.34. The first-order chi connectivity index (χ1) is 14.4. The summed E-state index contributed by atoms with van der Waals surface area (Å²) in [6.45, 7) is 3.07. The molecule has 1 saturated heterocycles. The predicted molar refractivity (Wildman–Crippen MR) is 116 cm³/mol. The maximum Gasteiger partial charge on any atom is 0.238 e. The Bertz CT molecular complexity index is 1010. The minimum Gasteiger partial charge on any atom is -0.396 e. The number of nitrogens with two attached hydrogens (primary N) is 3. The van der Waals surface area contributed by atoms with Gasteiger partial charge in [0.15, 0.2) is 5.84 Å². The Labute approximate surface area is 176 Å². The van der Waals surface area contributed by atoms with Gasteiger partial charge in [0.05, 0.1) is 4.90 Å². The molecule has 2 aromatic carbocycles. The highest BCUT2D eigenvalue weighted by Crippen LogP contribution is 2.29. The van der Waals surface area contributed by atoms with Gasteiger partial charge in [-0.3, -0.25) is 4.90 Å². The Morgan fingerprint density at radius 2 is 1.97 bits per heavy atom. The van der Waals surface area contributed by atoms with Crippen molar-refractivity contribution < 1.29 is 13.5 Å². The van der Waals surface area contributed by atoms with E-state index >= 15 is 0 Å². The molecule has 0 saturated carbocycles. The van der Waals surface area contributed by atoms with Gasteiger partial charge in [-0.1, -0.05) is 36.4 Å². The van der Waals surface area contributed by atoms with Gasteiger partial charge in [0.25, 0.3) is 0 Å². The smallest absolute Gasteiger partial charge is 0.238 e. The van der Waals surface area contributed by atoms with Crippen molar-refractivity contribution >= 4 is 15.9 Å². The monoisotopic (exact) mass is 432 g/mol. The molecule has 0 bridgehead atoms. The highest BCUT2D eigenvalue weighted by Gasteiger charge is 2.23. The van der Waals surface area contributed by atoms with Crippen molar-refractivity contribution in [3.8, 4) is 11.1 Å². The SMILES string of the molecule is NN=C(NN)c1c(-c2ccc(CN3CCC(CCO)C3)cc2)cccc1S(N)(=O)=O. The average molecular weight is 433 g/mol. The second kappa shape index (κ2) is 9.54. The van der Waals surface area contributed by atoms with Gasteiger partial charge in [0, 0.05) is 25.3 Å². The van der Waals surface area contributed by atoms with Crippen LogP contribution in [0.25, 0.3) is 11.1 Å². The van der Waals surface area contributed by atoms with Crippen LogP contribution in [0.1, 0.15) is 24.0 Å². The summed E-state index contributed by atoms with van der Waals surface area (Å²) in [5.41, 5.74) is 5.11. The maximum absolute atomic E-state index is 12.1. The largest absolute Gasteiger partial charge is 0.396 e.